The number of carbonyl (C=O) groups excluding carboxylic acids is 1. The van der Waals surface area contributed by atoms with Crippen LogP contribution in [0.1, 0.15) is 21.5 Å². The maximum absolute atomic E-state index is 12.1. The summed E-state index contributed by atoms with van der Waals surface area (Å²) in [5.41, 5.74) is 3.35. The van der Waals surface area contributed by atoms with Crippen molar-refractivity contribution in [1.29, 1.82) is 0 Å². The fraction of sp³-hybridized carbons (Fsp3) is 0.381. The number of nitrogens with one attached hydrogen (secondary N) is 3. The summed E-state index contributed by atoms with van der Waals surface area (Å²) >= 11 is 0. The number of amides is 1. The van der Waals surface area contributed by atoms with Gasteiger partial charge in [-0.1, -0.05) is 48.0 Å². The van der Waals surface area contributed by atoms with Crippen LogP contribution < -0.4 is 15.1 Å². The molecule has 0 aliphatic carbocycles. The molecule has 0 atom stereocenters. The maximum Gasteiger partial charge on any atom is 0.251 e. The Labute approximate surface area is 150 Å². The van der Waals surface area contributed by atoms with E-state index in [9.17, 15) is 4.79 Å². The molecule has 3 N–H and O–H groups in total. The molecule has 2 aromatic carbocycles. The molecule has 0 saturated carbocycles. The molecule has 132 valence electrons. The summed E-state index contributed by atoms with van der Waals surface area (Å²) in [5, 5.41) is 3.05. The van der Waals surface area contributed by atoms with Crippen molar-refractivity contribution in [2.45, 2.75) is 13.5 Å². The van der Waals surface area contributed by atoms with E-state index in [-0.39, 0.29) is 5.91 Å². The van der Waals surface area contributed by atoms with Crippen LogP contribution in [-0.2, 0) is 6.54 Å². The van der Waals surface area contributed by atoms with E-state index in [0.29, 0.717) is 0 Å². The molecular formula is C21H29N3O+2. The summed E-state index contributed by atoms with van der Waals surface area (Å²) in [6.45, 7) is 9.69. The van der Waals surface area contributed by atoms with Crippen LogP contribution >= 0.6 is 0 Å². The Morgan fingerprint density at radius 2 is 1.56 bits per heavy atom. The summed E-state index contributed by atoms with van der Waals surface area (Å²) in [6, 6.07) is 18.5. The lowest BCUT2D eigenvalue weighted by Crippen LogP contribution is -3.27. The van der Waals surface area contributed by atoms with Crippen molar-refractivity contribution in [2.75, 3.05) is 39.3 Å². The van der Waals surface area contributed by atoms with Crippen LogP contribution in [0.3, 0.4) is 0 Å². The molecule has 4 nitrogen and oxygen atoms in total. The Balaban J connectivity index is 1.35. The molecule has 1 amide bonds. The molecule has 1 heterocycles. The van der Waals surface area contributed by atoms with Gasteiger partial charge in [0.05, 0.1) is 13.1 Å². The van der Waals surface area contributed by atoms with Gasteiger partial charge in [0.2, 0.25) is 0 Å². The molecule has 1 aliphatic heterocycles. The quantitative estimate of drug-likeness (QED) is 0.665. The van der Waals surface area contributed by atoms with Gasteiger partial charge in [-0.15, -0.1) is 0 Å². The number of hydrogen-bond donors (Lipinski definition) is 3. The van der Waals surface area contributed by atoms with Gasteiger partial charge in [-0.3, -0.25) is 4.79 Å². The van der Waals surface area contributed by atoms with Gasteiger partial charge in [0.15, 0.2) is 0 Å². The second kappa shape index (κ2) is 8.79. The molecule has 3 rings (SSSR count). The van der Waals surface area contributed by atoms with Crippen LogP contribution in [-0.4, -0.2) is 45.2 Å². The highest BCUT2D eigenvalue weighted by Crippen LogP contribution is 2.02. The summed E-state index contributed by atoms with van der Waals surface area (Å²) in [6.07, 6.45) is 0. The molecule has 0 spiro atoms. The standard InChI is InChI=1S/C21H27N3O/c1-18-7-9-20(10-8-18)21(25)22-11-12-23-13-15-24(16-14-23)17-19-5-3-2-4-6-19/h2-10H,11-17H2,1H3,(H,22,25)/p+2. The van der Waals surface area contributed by atoms with Crippen molar-refractivity contribution in [2.24, 2.45) is 0 Å². The Morgan fingerprint density at radius 1 is 0.920 bits per heavy atom. The van der Waals surface area contributed by atoms with Gasteiger partial charge in [-0.05, 0) is 19.1 Å². The summed E-state index contributed by atoms with van der Waals surface area (Å²) < 4.78 is 0. The first-order valence-corrected chi connectivity index (χ1v) is 9.26. The van der Waals surface area contributed by atoms with Gasteiger partial charge < -0.3 is 15.1 Å². The zero-order chi connectivity index (χ0) is 17.5. The zero-order valence-corrected chi connectivity index (χ0v) is 15.1. The zero-order valence-electron chi connectivity index (χ0n) is 15.1. The van der Waals surface area contributed by atoms with E-state index in [1.54, 1.807) is 9.80 Å². The minimum Gasteiger partial charge on any atom is -0.346 e. The molecule has 0 aromatic heterocycles. The van der Waals surface area contributed by atoms with E-state index in [1.807, 2.05) is 31.2 Å². The lowest BCUT2D eigenvalue weighted by Gasteiger charge is -2.29. The summed E-state index contributed by atoms with van der Waals surface area (Å²) in [5.74, 6) is 0.0349. The smallest absolute Gasteiger partial charge is 0.251 e. The van der Waals surface area contributed by atoms with E-state index in [4.69, 9.17) is 0 Å². The molecule has 1 fully saturated rings. The fourth-order valence-corrected chi connectivity index (χ4v) is 3.43. The molecular weight excluding hydrogens is 310 g/mol. The molecule has 4 heteroatoms. The molecule has 25 heavy (non-hydrogen) atoms. The minimum absolute atomic E-state index is 0.0349. The number of aryl methyl sites for hydroxylation is 1. The number of carbonyl (C=O) groups is 1. The first-order valence-electron chi connectivity index (χ1n) is 9.26. The maximum atomic E-state index is 12.1. The van der Waals surface area contributed by atoms with Crippen molar-refractivity contribution >= 4 is 5.91 Å². The molecule has 2 aromatic rings. The minimum atomic E-state index is 0.0349. The van der Waals surface area contributed by atoms with Crippen LogP contribution in [0.15, 0.2) is 54.6 Å². The Morgan fingerprint density at radius 3 is 2.24 bits per heavy atom. The lowest BCUT2D eigenvalue weighted by molar-refractivity contribution is -1.02. The summed E-state index contributed by atoms with van der Waals surface area (Å²) in [7, 11) is 0. The van der Waals surface area contributed by atoms with E-state index >= 15 is 0 Å². The second-order valence-electron chi connectivity index (χ2n) is 7.03. The third kappa shape index (κ3) is 5.41. The van der Waals surface area contributed by atoms with Gasteiger partial charge in [-0.25, -0.2) is 0 Å². The second-order valence-corrected chi connectivity index (χ2v) is 7.03. The normalized spacial score (nSPS) is 20.2. The average Bonchev–Trinajstić information content (AvgIpc) is 2.64. The van der Waals surface area contributed by atoms with Crippen molar-refractivity contribution < 1.29 is 14.6 Å². The van der Waals surface area contributed by atoms with Crippen LogP contribution in [0.2, 0.25) is 0 Å². The fourth-order valence-electron chi connectivity index (χ4n) is 3.43. The highest BCUT2D eigenvalue weighted by Gasteiger charge is 2.22. The third-order valence-electron chi connectivity index (χ3n) is 5.04. The molecule has 1 aliphatic rings. The molecule has 0 bridgehead atoms. The van der Waals surface area contributed by atoms with Gasteiger partial charge in [-0.2, -0.15) is 0 Å². The van der Waals surface area contributed by atoms with Gasteiger partial charge in [0, 0.05) is 11.1 Å². The van der Waals surface area contributed by atoms with E-state index in [0.717, 1.165) is 25.2 Å². The van der Waals surface area contributed by atoms with Crippen LogP contribution in [0.4, 0.5) is 0 Å². The van der Waals surface area contributed by atoms with Crippen LogP contribution in [0, 0.1) is 6.92 Å². The highest BCUT2D eigenvalue weighted by molar-refractivity contribution is 5.94. The number of hydrogen-bond acceptors (Lipinski definition) is 1. The SMILES string of the molecule is Cc1ccc(C(=O)NCC[NH+]2CC[NH+](Cc3ccccc3)CC2)cc1. The lowest BCUT2D eigenvalue weighted by atomic mass is 10.1. The van der Waals surface area contributed by atoms with Gasteiger partial charge >= 0.3 is 0 Å². The van der Waals surface area contributed by atoms with Crippen molar-refractivity contribution in [3.63, 3.8) is 0 Å². The Hall–Kier alpha value is -2.17. The molecule has 0 radical (unpaired) electrons. The van der Waals surface area contributed by atoms with E-state index in [1.165, 1.54) is 37.3 Å². The highest BCUT2D eigenvalue weighted by atomic mass is 16.1. The Bertz CT molecular complexity index is 661. The van der Waals surface area contributed by atoms with Crippen molar-refractivity contribution in [1.82, 2.24) is 5.32 Å². The topological polar surface area (TPSA) is 38.0 Å². The first-order chi connectivity index (χ1) is 12.2. The van der Waals surface area contributed by atoms with Crippen LogP contribution in [0.5, 0.6) is 0 Å². The number of quaternary nitrogens is 2. The monoisotopic (exact) mass is 339 g/mol. The largest absolute Gasteiger partial charge is 0.346 e. The Kier molecular flexibility index (Phi) is 6.20. The predicted molar refractivity (Wildman–Crippen MR) is 99.9 cm³/mol. The first kappa shape index (κ1) is 17.6. The predicted octanol–water partition coefficient (Wildman–Crippen LogP) is -0.292. The average molecular weight is 339 g/mol. The third-order valence-corrected chi connectivity index (χ3v) is 5.04. The number of rotatable bonds is 6. The van der Waals surface area contributed by atoms with Crippen molar-refractivity contribution in [3.05, 3.63) is 71.3 Å². The van der Waals surface area contributed by atoms with Gasteiger partial charge in [0.25, 0.3) is 5.91 Å². The van der Waals surface area contributed by atoms with E-state index < -0.39 is 0 Å². The van der Waals surface area contributed by atoms with Gasteiger partial charge in [0.1, 0.15) is 32.7 Å². The van der Waals surface area contributed by atoms with E-state index in [2.05, 4.69) is 35.6 Å². The number of piperazine rings is 1. The summed E-state index contributed by atoms with van der Waals surface area (Å²) in [4.78, 5) is 15.4. The number of benzene rings is 2. The van der Waals surface area contributed by atoms with Crippen molar-refractivity contribution in [3.8, 4) is 0 Å². The molecule has 1 saturated heterocycles. The van der Waals surface area contributed by atoms with Crippen LogP contribution in [0.25, 0.3) is 0 Å². The molecule has 0 unspecified atom stereocenters.